The van der Waals surface area contributed by atoms with Gasteiger partial charge in [0.1, 0.15) is 0 Å². The van der Waals surface area contributed by atoms with Gasteiger partial charge in [-0.25, -0.2) is 4.79 Å². The zero-order chi connectivity index (χ0) is 8.65. The quantitative estimate of drug-likeness (QED) is 0.543. The van der Waals surface area contributed by atoms with E-state index < -0.39 is 11.6 Å². The molecule has 0 bridgehead atoms. The minimum absolute atomic E-state index is 0.345. The van der Waals surface area contributed by atoms with E-state index in [0.29, 0.717) is 0 Å². The van der Waals surface area contributed by atoms with Crippen molar-refractivity contribution in [1.29, 1.82) is 0 Å². The molecule has 4 heteroatoms. The van der Waals surface area contributed by atoms with Gasteiger partial charge in [0.25, 0.3) is 5.91 Å². The van der Waals surface area contributed by atoms with Gasteiger partial charge in [0.15, 0.2) is 0 Å². The van der Waals surface area contributed by atoms with Crippen LogP contribution >= 0.6 is 0 Å². The predicted octanol–water partition coefficient (Wildman–Crippen LogP) is 0.242. The van der Waals surface area contributed by atoms with E-state index in [-0.39, 0.29) is 5.91 Å². The monoisotopic (exact) mass is 154 g/mol. The van der Waals surface area contributed by atoms with Crippen LogP contribution in [0.15, 0.2) is 12.2 Å². The van der Waals surface area contributed by atoms with Crippen LogP contribution in [0.1, 0.15) is 13.8 Å². The molecule has 60 valence electrons. The van der Waals surface area contributed by atoms with Gasteiger partial charge in [-0.15, -0.1) is 0 Å². The van der Waals surface area contributed by atoms with E-state index >= 15 is 0 Å². The molecule has 0 unspecified atom stereocenters. The van der Waals surface area contributed by atoms with Gasteiger partial charge in [-0.05, 0) is 13.8 Å². The standard InChI is InChI=1S/C7H10N2O2/c1-7(2)4-3-5(10)9(7)6(8)11/h3-4H,1-2H3,(H2,8,11). The highest BCUT2D eigenvalue weighted by atomic mass is 16.2. The number of hydrogen-bond acceptors (Lipinski definition) is 2. The van der Waals surface area contributed by atoms with Crippen molar-refractivity contribution >= 4 is 11.9 Å². The normalized spacial score (nSPS) is 20.9. The molecular formula is C7H10N2O2. The Bertz CT molecular complexity index is 243. The van der Waals surface area contributed by atoms with Crippen LogP contribution in [0.25, 0.3) is 0 Å². The molecule has 1 rings (SSSR count). The summed E-state index contributed by atoms with van der Waals surface area (Å²) in [6.07, 6.45) is 3.00. The lowest BCUT2D eigenvalue weighted by molar-refractivity contribution is -0.124. The lowest BCUT2D eigenvalue weighted by Crippen LogP contribution is -2.48. The lowest BCUT2D eigenvalue weighted by Gasteiger charge is -2.27. The van der Waals surface area contributed by atoms with Gasteiger partial charge in [0.2, 0.25) is 0 Å². The largest absolute Gasteiger partial charge is 0.351 e. The van der Waals surface area contributed by atoms with Gasteiger partial charge in [0, 0.05) is 6.08 Å². The Labute approximate surface area is 64.7 Å². The summed E-state index contributed by atoms with van der Waals surface area (Å²) in [5.41, 5.74) is 4.42. The van der Waals surface area contributed by atoms with Gasteiger partial charge >= 0.3 is 6.03 Å². The highest BCUT2D eigenvalue weighted by Gasteiger charge is 2.36. The van der Waals surface area contributed by atoms with Crippen molar-refractivity contribution in [2.45, 2.75) is 19.4 Å². The molecule has 2 N–H and O–H groups in total. The first kappa shape index (κ1) is 7.78. The maximum atomic E-state index is 11.0. The first-order valence-corrected chi connectivity index (χ1v) is 3.28. The van der Waals surface area contributed by atoms with E-state index in [2.05, 4.69) is 0 Å². The number of urea groups is 1. The summed E-state index contributed by atoms with van der Waals surface area (Å²) in [5.74, 6) is -0.345. The third-order valence-electron chi connectivity index (χ3n) is 1.65. The number of hydrogen-bond donors (Lipinski definition) is 1. The first-order valence-electron chi connectivity index (χ1n) is 3.28. The zero-order valence-electron chi connectivity index (χ0n) is 6.50. The molecular weight excluding hydrogens is 144 g/mol. The molecule has 1 aliphatic heterocycles. The summed E-state index contributed by atoms with van der Waals surface area (Å²) in [6, 6.07) is -0.704. The van der Waals surface area contributed by atoms with Gasteiger partial charge in [-0.3, -0.25) is 9.69 Å². The van der Waals surface area contributed by atoms with Crippen molar-refractivity contribution in [3.8, 4) is 0 Å². The van der Waals surface area contributed by atoms with Crippen LogP contribution in [-0.4, -0.2) is 22.4 Å². The second-order valence-corrected chi connectivity index (χ2v) is 3.00. The average Bonchev–Trinajstić information content (AvgIpc) is 2.06. The predicted molar refractivity (Wildman–Crippen MR) is 39.6 cm³/mol. The maximum absolute atomic E-state index is 11.0. The zero-order valence-corrected chi connectivity index (χ0v) is 6.50. The molecule has 0 fully saturated rings. The third kappa shape index (κ3) is 1.11. The number of imide groups is 1. The molecule has 0 aromatic carbocycles. The van der Waals surface area contributed by atoms with E-state index in [4.69, 9.17) is 5.73 Å². The average molecular weight is 154 g/mol. The molecule has 0 saturated carbocycles. The van der Waals surface area contributed by atoms with E-state index in [1.54, 1.807) is 19.9 Å². The molecule has 0 aromatic heterocycles. The van der Waals surface area contributed by atoms with Gasteiger partial charge < -0.3 is 5.73 Å². The van der Waals surface area contributed by atoms with E-state index in [9.17, 15) is 9.59 Å². The summed E-state index contributed by atoms with van der Waals surface area (Å²) >= 11 is 0. The number of nitrogens with two attached hydrogens (primary N) is 1. The number of nitrogens with zero attached hydrogens (tertiary/aromatic N) is 1. The van der Waals surface area contributed by atoms with E-state index in [1.807, 2.05) is 0 Å². The Kier molecular flexibility index (Phi) is 1.47. The number of carbonyl (C=O) groups excluding carboxylic acids is 2. The molecule has 0 atom stereocenters. The third-order valence-corrected chi connectivity index (χ3v) is 1.65. The number of primary amides is 1. The summed E-state index contributed by atoms with van der Waals surface area (Å²) in [5, 5.41) is 0. The fourth-order valence-corrected chi connectivity index (χ4v) is 1.10. The Balaban J connectivity index is 2.96. The molecule has 0 radical (unpaired) electrons. The van der Waals surface area contributed by atoms with E-state index in [0.717, 1.165) is 4.90 Å². The number of rotatable bonds is 0. The van der Waals surface area contributed by atoms with Crippen LogP contribution in [0.3, 0.4) is 0 Å². The second-order valence-electron chi connectivity index (χ2n) is 3.00. The molecule has 0 saturated heterocycles. The maximum Gasteiger partial charge on any atom is 0.322 e. The minimum atomic E-state index is -0.704. The Morgan fingerprint density at radius 2 is 2.18 bits per heavy atom. The van der Waals surface area contributed by atoms with Crippen molar-refractivity contribution in [3.05, 3.63) is 12.2 Å². The summed E-state index contributed by atoms with van der Waals surface area (Å²) in [6.45, 7) is 3.50. The van der Waals surface area contributed by atoms with Crippen LogP contribution in [0, 0.1) is 0 Å². The Morgan fingerprint density at radius 3 is 2.36 bits per heavy atom. The van der Waals surface area contributed by atoms with Crippen molar-refractivity contribution in [2.75, 3.05) is 0 Å². The molecule has 1 aliphatic rings. The van der Waals surface area contributed by atoms with Crippen LogP contribution in [0.5, 0.6) is 0 Å². The SMILES string of the molecule is CC1(C)C=CC(=O)N1C(N)=O. The van der Waals surface area contributed by atoms with Crippen molar-refractivity contribution < 1.29 is 9.59 Å². The van der Waals surface area contributed by atoms with Crippen LogP contribution in [-0.2, 0) is 4.79 Å². The van der Waals surface area contributed by atoms with Crippen LogP contribution < -0.4 is 5.73 Å². The first-order chi connectivity index (χ1) is 4.95. The van der Waals surface area contributed by atoms with E-state index in [1.165, 1.54) is 6.08 Å². The van der Waals surface area contributed by atoms with Gasteiger partial charge in [-0.1, -0.05) is 6.08 Å². The highest BCUT2D eigenvalue weighted by Crippen LogP contribution is 2.21. The molecule has 3 amide bonds. The van der Waals surface area contributed by atoms with Crippen molar-refractivity contribution in [2.24, 2.45) is 5.73 Å². The van der Waals surface area contributed by atoms with Gasteiger partial charge in [-0.2, -0.15) is 0 Å². The Hall–Kier alpha value is -1.32. The molecule has 0 aliphatic carbocycles. The number of amides is 3. The van der Waals surface area contributed by atoms with Crippen molar-refractivity contribution in [3.63, 3.8) is 0 Å². The second kappa shape index (κ2) is 2.08. The lowest BCUT2D eigenvalue weighted by atomic mass is 10.1. The molecule has 4 nitrogen and oxygen atoms in total. The summed E-state index contributed by atoms with van der Waals surface area (Å²) in [7, 11) is 0. The van der Waals surface area contributed by atoms with Crippen LogP contribution in [0.4, 0.5) is 4.79 Å². The molecule has 0 spiro atoms. The van der Waals surface area contributed by atoms with Gasteiger partial charge in [0.05, 0.1) is 5.54 Å². The molecule has 1 heterocycles. The van der Waals surface area contributed by atoms with Crippen LogP contribution in [0.2, 0.25) is 0 Å². The highest BCUT2D eigenvalue weighted by molar-refractivity contribution is 6.03. The Morgan fingerprint density at radius 1 is 1.64 bits per heavy atom. The minimum Gasteiger partial charge on any atom is -0.351 e. The number of carbonyl (C=O) groups is 2. The van der Waals surface area contributed by atoms with Crippen molar-refractivity contribution in [1.82, 2.24) is 4.90 Å². The summed E-state index contributed by atoms with van der Waals surface area (Å²) < 4.78 is 0. The summed E-state index contributed by atoms with van der Waals surface area (Å²) in [4.78, 5) is 22.7. The fraction of sp³-hybridized carbons (Fsp3) is 0.429. The smallest absolute Gasteiger partial charge is 0.322 e. The molecule has 0 aromatic rings. The topological polar surface area (TPSA) is 63.4 Å². The fourth-order valence-electron chi connectivity index (χ4n) is 1.10. The molecule has 11 heavy (non-hydrogen) atoms.